The average molecular weight is 486 g/mol. The van der Waals surface area contributed by atoms with E-state index in [4.69, 9.17) is 3.73 Å². The van der Waals surface area contributed by atoms with E-state index in [1.54, 1.807) is 0 Å². The number of carbonyl (C=O) groups excluding carboxylic acids is 2. The number of hydrogen-bond donors (Lipinski definition) is 3. The molecule has 2 rings (SSSR count). The van der Waals surface area contributed by atoms with Crippen LogP contribution in [0.2, 0.25) is 0 Å². The van der Waals surface area contributed by atoms with E-state index < -0.39 is 26.0 Å². The maximum atomic E-state index is 12.5. The van der Waals surface area contributed by atoms with Gasteiger partial charge in [0.15, 0.2) is 0 Å². The molecule has 0 saturated carbocycles. The molecule has 0 aliphatic carbocycles. The molecule has 2 aromatic rings. The Kier molecular flexibility index (Phi) is 6.69. The third-order valence-corrected chi connectivity index (χ3v) is 7.19. The molecule has 0 bridgehead atoms. The second kappa shape index (κ2) is 8.57. The molecule has 9 heteroatoms. The van der Waals surface area contributed by atoms with Crippen LogP contribution >= 0.6 is 15.9 Å². The molecule has 0 heterocycles. The Morgan fingerprint density at radius 3 is 2.58 bits per heavy atom. The molecule has 0 fully saturated rings. The van der Waals surface area contributed by atoms with Gasteiger partial charge in [-0.1, -0.05) is 0 Å². The van der Waals surface area contributed by atoms with Crippen molar-refractivity contribution in [1.29, 1.82) is 0 Å². The second-order valence-corrected chi connectivity index (χ2v) is 9.89. The summed E-state index contributed by atoms with van der Waals surface area (Å²) < 4.78 is 28.2. The number of halogens is 1. The molecule has 0 aromatic heterocycles. The average Bonchev–Trinajstić information content (AvgIpc) is 2.53. The van der Waals surface area contributed by atoms with E-state index in [1.165, 1.54) is 13.0 Å². The number of anilines is 1. The van der Waals surface area contributed by atoms with E-state index in [1.807, 2.05) is 24.3 Å². The molecule has 138 valence electrons. The Morgan fingerprint density at radius 1 is 1.23 bits per heavy atom. The van der Waals surface area contributed by atoms with E-state index in [0.717, 1.165) is 22.2 Å². The van der Waals surface area contributed by atoms with Crippen molar-refractivity contribution in [3.8, 4) is 5.75 Å². The summed E-state index contributed by atoms with van der Waals surface area (Å²) in [5, 5.41) is 11.9. The van der Waals surface area contributed by atoms with Crippen molar-refractivity contribution in [2.45, 2.75) is 19.8 Å². The number of aromatic hydroxyl groups is 1. The summed E-state index contributed by atoms with van der Waals surface area (Å²) in [4.78, 5) is 23.3. The van der Waals surface area contributed by atoms with Crippen molar-refractivity contribution in [3.05, 3.63) is 52.5 Å². The first-order valence-electron chi connectivity index (χ1n) is 7.59. The zero-order chi connectivity index (χ0) is 19.3. The Labute approximate surface area is 161 Å². The van der Waals surface area contributed by atoms with Crippen LogP contribution in [0.5, 0.6) is 5.75 Å². The Hall–Kier alpha value is -2.02. The molecule has 0 aliphatic heterocycles. The molecule has 0 saturated heterocycles. The monoisotopic (exact) mass is 485 g/mol. The van der Waals surface area contributed by atoms with Gasteiger partial charge in [0.25, 0.3) is 0 Å². The predicted molar refractivity (Wildman–Crippen MR) is 99.3 cm³/mol. The van der Waals surface area contributed by atoms with E-state index in [9.17, 15) is 22.5 Å². The summed E-state index contributed by atoms with van der Waals surface area (Å²) in [5.41, 5.74) is 0.800. The molecule has 0 radical (unpaired) electrons. The van der Waals surface area contributed by atoms with Gasteiger partial charge in [-0.2, -0.15) is 0 Å². The maximum absolute atomic E-state index is 12.5. The van der Waals surface area contributed by atoms with Crippen LogP contribution in [0.25, 0.3) is 0 Å². The molecule has 3 N–H and O–H groups in total. The van der Waals surface area contributed by atoms with Crippen LogP contribution in [0.1, 0.15) is 18.9 Å². The summed E-state index contributed by atoms with van der Waals surface area (Å²) in [5.74, 6) is -1.52. The summed E-state index contributed by atoms with van der Waals surface area (Å²) in [6.07, 6.45) is 0.256. The Bertz CT molecular complexity index is 885. The molecular formula is C17H17AsBrNO6. The summed E-state index contributed by atoms with van der Waals surface area (Å²) in [6.45, 7) is 1.21. The van der Waals surface area contributed by atoms with Gasteiger partial charge in [0, 0.05) is 0 Å². The molecule has 1 atom stereocenters. The van der Waals surface area contributed by atoms with Crippen molar-refractivity contribution >= 4 is 52.0 Å². The Balaban J connectivity index is 2.13. The van der Waals surface area contributed by atoms with Crippen molar-refractivity contribution in [2.75, 3.05) is 5.32 Å². The summed E-state index contributed by atoms with van der Waals surface area (Å²) in [6, 6.07) is 10.8. The standard InChI is InChI=1S/C17H17AsBrNO6/c1-11(21)20-16-10-13(22)7-8-14(16)18(24,25)26-17(23)9-6-12-4-2-3-5-15(12)19/h2-5,7-8,10,22H,6,9H2,1H3,(H,20,21)(H,24,25). The third kappa shape index (κ3) is 5.49. The van der Waals surface area contributed by atoms with Gasteiger partial charge in [-0.25, -0.2) is 0 Å². The number of rotatable bonds is 6. The molecule has 7 nitrogen and oxygen atoms in total. The van der Waals surface area contributed by atoms with Crippen LogP contribution in [-0.2, 0) is 23.5 Å². The Morgan fingerprint density at radius 2 is 1.92 bits per heavy atom. The first-order chi connectivity index (χ1) is 12.2. The molecular weight excluding hydrogens is 469 g/mol. The zero-order valence-electron chi connectivity index (χ0n) is 13.8. The number of phenols is 1. The van der Waals surface area contributed by atoms with E-state index >= 15 is 0 Å². The minimum atomic E-state index is -5.26. The fraction of sp³-hybridized carbons (Fsp3) is 0.176. The number of hydrogen-bond acceptors (Lipinski definition) is 5. The van der Waals surface area contributed by atoms with Crippen LogP contribution in [0.3, 0.4) is 0 Å². The normalized spacial score (nSPS) is 12.9. The topological polar surface area (TPSA) is 113 Å². The minimum absolute atomic E-state index is 0.0684. The fourth-order valence-corrected chi connectivity index (χ4v) is 5.13. The van der Waals surface area contributed by atoms with Gasteiger partial charge >= 0.3 is 162 Å². The summed E-state index contributed by atoms with van der Waals surface area (Å²) >= 11 is -1.89. The van der Waals surface area contributed by atoms with Crippen molar-refractivity contribution in [2.24, 2.45) is 0 Å². The molecule has 2 aromatic carbocycles. The molecule has 0 spiro atoms. The number of nitrogens with one attached hydrogen (secondary N) is 1. The van der Waals surface area contributed by atoms with Crippen molar-refractivity contribution < 1.29 is 26.3 Å². The van der Waals surface area contributed by atoms with Gasteiger partial charge in [0.2, 0.25) is 0 Å². The van der Waals surface area contributed by atoms with Crippen LogP contribution in [0.4, 0.5) is 5.69 Å². The van der Waals surface area contributed by atoms with Gasteiger partial charge < -0.3 is 0 Å². The first-order valence-corrected chi connectivity index (χ1v) is 11.7. The van der Waals surface area contributed by atoms with Gasteiger partial charge in [-0.05, 0) is 0 Å². The van der Waals surface area contributed by atoms with Gasteiger partial charge in [-0.15, -0.1) is 0 Å². The quantitative estimate of drug-likeness (QED) is 0.538. The van der Waals surface area contributed by atoms with Gasteiger partial charge in [0.05, 0.1) is 0 Å². The number of carbonyl (C=O) groups is 2. The van der Waals surface area contributed by atoms with Crippen LogP contribution in [0, 0.1) is 0 Å². The van der Waals surface area contributed by atoms with E-state index in [2.05, 4.69) is 21.2 Å². The van der Waals surface area contributed by atoms with Gasteiger partial charge in [-0.3, -0.25) is 0 Å². The zero-order valence-corrected chi connectivity index (χ0v) is 17.3. The van der Waals surface area contributed by atoms with E-state index in [-0.39, 0.29) is 22.2 Å². The number of aryl methyl sites for hydroxylation is 1. The van der Waals surface area contributed by atoms with Crippen LogP contribution in [0.15, 0.2) is 46.9 Å². The van der Waals surface area contributed by atoms with Crippen LogP contribution in [-0.4, -0.2) is 35.3 Å². The van der Waals surface area contributed by atoms with Crippen molar-refractivity contribution in [3.63, 3.8) is 0 Å². The summed E-state index contributed by atoms with van der Waals surface area (Å²) in [7, 11) is 0. The second-order valence-electron chi connectivity index (χ2n) is 5.46. The first kappa shape index (κ1) is 20.3. The van der Waals surface area contributed by atoms with Crippen molar-refractivity contribution in [1.82, 2.24) is 0 Å². The number of benzene rings is 2. The number of phenolic OH excluding ortho intramolecular Hbond substituents is 1. The molecule has 1 unspecified atom stereocenters. The SMILES string of the molecule is CC(=O)Nc1cc(O)ccc1[As](=O)(O)OC(=O)CCc1ccccc1Br. The molecule has 0 aliphatic rings. The number of amides is 1. The fourth-order valence-electron chi connectivity index (χ4n) is 2.23. The molecule has 26 heavy (non-hydrogen) atoms. The van der Waals surface area contributed by atoms with E-state index in [0.29, 0.717) is 6.42 Å². The third-order valence-electron chi connectivity index (χ3n) is 3.38. The molecule has 1 amide bonds. The van der Waals surface area contributed by atoms with Gasteiger partial charge in [0.1, 0.15) is 0 Å². The predicted octanol–water partition coefficient (Wildman–Crippen LogP) is 1.86. The van der Waals surface area contributed by atoms with Crippen LogP contribution < -0.4 is 9.67 Å².